The molecule has 0 saturated carbocycles. The smallest absolute Gasteiger partial charge is 0.180 e. The minimum Gasteiger partial charge on any atom is -0.490 e. The Labute approximate surface area is 197 Å². The summed E-state index contributed by atoms with van der Waals surface area (Å²) in [6, 6.07) is 11.9. The van der Waals surface area contributed by atoms with Gasteiger partial charge < -0.3 is 24.3 Å². The molecule has 34 heavy (non-hydrogen) atoms. The van der Waals surface area contributed by atoms with Crippen molar-refractivity contribution in [2.45, 2.75) is 32.9 Å². The number of imidazole rings is 1. The van der Waals surface area contributed by atoms with Crippen molar-refractivity contribution in [2.24, 2.45) is 4.99 Å². The lowest BCUT2D eigenvalue weighted by Gasteiger charge is -2.20. The van der Waals surface area contributed by atoms with Gasteiger partial charge in [-0.3, -0.25) is 4.99 Å². The number of aliphatic hydroxyl groups is 1. The van der Waals surface area contributed by atoms with E-state index in [0.717, 1.165) is 22.5 Å². The Balaban J connectivity index is 1.47. The van der Waals surface area contributed by atoms with Crippen LogP contribution in [0.3, 0.4) is 0 Å². The number of aliphatic imine (C=N–C) groups is 1. The normalized spacial score (nSPS) is 12.7. The van der Waals surface area contributed by atoms with Crippen molar-refractivity contribution < 1.29 is 14.6 Å². The molecule has 2 N–H and O–H groups in total. The molecule has 8 nitrogen and oxygen atoms in total. The number of rotatable bonds is 8. The summed E-state index contributed by atoms with van der Waals surface area (Å²) in [5, 5.41) is 13.4. The summed E-state index contributed by atoms with van der Waals surface area (Å²) in [6.07, 6.45) is 7.54. The summed E-state index contributed by atoms with van der Waals surface area (Å²) in [5.41, 5.74) is 4.76. The van der Waals surface area contributed by atoms with Crippen LogP contribution < -0.4 is 14.8 Å². The Bertz CT molecular complexity index is 1370. The summed E-state index contributed by atoms with van der Waals surface area (Å²) in [6.45, 7) is 6.66. The van der Waals surface area contributed by atoms with Gasteiger partial charge in [0.2, 0.25) is 0 Å². The van der Waals surface area contributed by atoms with Gasteiger partial charge in [-0.2, -0.15) is 0 Å². The van der Waals surface area contributed by atoms with Gasteiger partial charge in [0.1, 0.15) is 6.61 Å². The molecular formula is C26H27N5O3. The summed E-state index contributed by atoms with van der Waals surface area (Å²) < 4.78 is 13.5. The lowest BCUT2D eigenvalue weighted by molar-refractivity contribution is 0.0274. The van der Waals surface area contributed by atoms with Gasteiger partial charge in [0, 0.05) is 42.1 Å². The molecular weight excluding hydrogens is 430 g/mol. The van der Waals surface area contributed by atoms with E-state index in [9.17, 15) is 5.11 Å². The number of aromatic nitrogens is 3. The van der Waals surface area contributed by atoms with Crippen molar-refractivity contribution in [3.63, 3.8) is 0 Å². The molecule has 8 heteroatoms. The number of hydrogen-bond acceptors (Lipinski definition) is 7. The lowest BCUT2D eigenvalue weighted by Crippen LogP contribution is -2.28. The van der Waals surface area contributed by atoms with E-state index in [1.54, 1.807) is 20.0 Å². The van der Waals surface area contributed by atoms with E-state index in [2.05, 4.69) is 33.5 Å². The number of benzene rings is 2. The molecule has 0 bridgehead atoms. The third-order valence-corrected chi connectivity index (χ3v) is 5.39. The van der Waals surface area contributed by atoms with Gasteiger partial charge >= 0.3 is 0 Å². The molecule has 0 unspecified atom stereocenters. The largest absolute Gasteiger partial charge is 0.490 e. The molecule has 3 heterocycles. The first kappa shape index (κ1) is 21.9. The van der Waals surface area contributed by atoms with Crippen molar-refractivity contribution >= 4 is 23.4 Å². The number of nitrogens with zero attached hydrogens (tertiary/aromatic N) is 4. The van der Waals surface area contributed by atoms with Crippen LogP contribution in [0.1, 0.15) is 31.9 Å². The summed E-state index contributed by atoms with van der Waals surface area (Å²) in [7, 11) is 0. The van der Waals surface area contributed by atoms with Crippen molar-refractivity contribution in [3.05, 3.63) is 66.1 Å². The topological polar surface area (TPSA) is 93.3 Å². The quantitative estimate of drug-likeness (QED) is 0.401. The second kappa shape index (κ2) is 8.79. The Hall–Kier alpha value is -3.91. The van der Waals surface area contributed by atoms with Gasteiger partial charge in [0.05, 0.1) is 24.4 Å². The van der Waals surface area contributed by atoms with E-state index in [-0.39, 0.29) is 6.61 Å². The number of ether oxygens (including phenoxy) is 2. The van der Waals surface area contributed by atoms with Crippen LogP contribution in [0.5, 0.6) is 11.5 Å². The Morgan fingerprint density at radius 3 is 2.82 bits per heavy atom. The summed E-state index contributed by atoms with van der Waals surface area (Å²) in [4.78, 5) is 13.7. The molecule has 0 radical (unpaired) electrons. The maximum Gasteiger partial charge on any atom is 0.180 e. The fraction of sp³-hybridized carbons (Fsp3) is 0.269. The van der Waals surface area contributed by atoms with Gasteiger partial charge in [-0.1, -0.05) is 12.1 Å². The minimum atomic E-state index is -0.944. The Morgan fingerprint density at radius 1 is 1.12 bits per heavy atom. The Morgan fingerprint density at radius 2 is 2.00 bits per heavy atom. The summed E-state index contributed by atoms with van der Waals surface area (Å²) >= 11 is 0. The molecule has 2 aromatic heterocycles. The zero-order valence-electron chi connectivity index (χ0n) is 19.4. The highest BCUT2D eigenvalue weighted by Crippen LogP contribution is 2.33. The highest BCUT2D eigenvalue weighted by Gasteiger charge is 2.17. The molecule has 0 amide bonds. The highest BCUT2D eigenvalue weighted by molar-refractivity contribution is 5.86. The monoisotopic (exact) mass is 457 g/mol. The SMILES string of the molecule is CCOc1cc(Nc2nc(-c3ccc4c(c3)CN=C4)cn3ccnc23)ccc1OCC(C)(C)O. The highest BCUT2D eigenvalue weighted by atomic mass is 16.5. The van der Waals surface area contributed by atoms with Crippen LogP contribution in [0.4, 0.5) is 11.5 Å². The van der Waals surface area contributed by atoms with Crippen molar-refractivity contribution in [3.8, 4) is 22.8 Å². The van der Waals surface area contributed by atoms with Crippen LogP contribution in [0.2, 0.25) is 0 Å². The number of nitrogens with one attached hydrogen (secondary N) is 1. The predicted octanol–water partition coefficient (Wildman–Crippen LogP) is 4.62. The number of fused-ring (bicyclic) bond motifs is 2. The maximum absolute atomic E-state index is 10.00. The van der Waals surface area contributed by atoms with Gasteiger partial charge in [-0.05, 0) is 50.1 Å². The fourth-order valence-electron chi connectivity index (χ4n) is 3.79. The zero-order valence-corrected chi connectivity index (χ0v) is 19.4. The van der Waals surface area contributed by atoms with Gasteiger partial charge in [0.25, 0.3) is 0 Å². The van der Waals surface area contributed by atoms with Crippen LogP contribution in [-0.4, -0.2) is 44.5 Å². The van der Waals surface area contributed by atoms with Gasteiger partial charge in [-0.25, -0.2) is 9.97 Å². The van der Waals surface area contributed by atoms with E-state index < -0.39 is 5.60 Å². The van der Waals surface area contributed by atoms with E-state index in [1.807, 2.05) is 48.1 Å². The van der Waals surface area contributed by atoms with Crippen LogP contribution >= 0.6 is 0 Å². The molecule has 5 rings (SSSR count). The predicted molar refractivity (Wildman–Crippen MR) is 132 cm³/mol. The molecule has 1 aliphatic heterocycles. The van der Waals surface area contributed by atoms with E-state index >= 15 is 0 Å². The van der Waals surface area contributed by atoms with E-state index in [0.29, 0.717) is 36.1 Å². The maximum atomic E-state index is 10.00. The molecule has 0 spiro atoms. The first-order chi connectivity index (χ1) is 16.4. The van der Waals surface area contributed by atoms with Crippen LogP contribution in [0, 0.1) is 0 Å². The van der Waals surface area contributed by atoms with Crippen LogP contribution in [0.15, 0.2) is 60.0 Å². The standard InChI is InChI=1S/C26H27N5O3/c1-4-33-23-12-20(7-8-22(23)34-16-26(2,3)32)29-24-25-28-9-10-31(25)15-21(30-24)17-5-6-18-13-27-14-19(18)11-17/h5-13,15,32H,4,14,16H2,1-3H3,(H,29,30). The number of hydrogen-bond donors (Lipinski definition) is 2. The molecule has 0 atom stereocenters. The molecule has 0 fully saturated rings. The molecule has 0 aliphatic carbocycles. The molecule has 174 valence electrons. The average Bonchev–Trinajstić information content (AvgIpc) is 3.47. The third-order valence-electron chi connectivity index (χ3n) is 5.39. The van der Waals surface area contributed by atoms with Gasteiger partial charge in [-0.15, -0.1) is 0 Å². The molecule has 4 aromatic rings. The Kier molecular flexibility index (Phi) is 5.67. The molecule has 2 aromatic carbocycles. The van der Waals surface area contributed by atoms with Crippen LogP contribution in [0.25, 0.3) is 16.9 Å². The summed E-state index contributed by atoms with van der Waals surface area (Å²) in [5.74, 6) is 1.79. The van der Waals surface area contributed by atoms with E-state index in [4.69, 9.17) is 14.5 Å². The van der Waals surface area contributed by atoms with Crippen molar-refractivity contribution in [1.29, 1.82) is 0 Å². The molecule has 0 saturated heterocycles. The molecule has 1 aliphatic rings. The average molecular weight is 458 g/mol. The first-order valence-corrected chi connectivity index (χ1v) is 11.3. The van der Waals surface area contributed by atoms with E-state index in [1.165, 1.54) is 5.56 Å². The third kappa shape index (κ3) is 4.58. The minimum absolute atomic E-state index is 0.157. The number of anilines is 2. The van der Waals surface area contributed by atoms with Crippen molar-refractivity contribution in [2.75, 3.05) is 18.5 Å². The fourth-order valence-corrected chi connectivity index (χ4v) is 3.79. The van der Waals surface area contributed by atoms with Crippen LogP contribution in [-0.2, 0) is 6.54 Å². The lowest BCUT2D eigenvalue weighted by atomic mass is 10.0. The first-order valence-electron chi connectivity index (χ1n) is 11.3. The second-order valence-electron chi connectivity index (χ2n) is 8.84. The second-order valence-corrected chi connectivity index (χ2v) is 8.84. The zero-order chi connectivity index (χ0) is 23.7. The van der Waals surface area contributed by atoms with Crippen molar-refractivity contribution in [1.82, 2.24) is 14.4 Å². The van der Waals surface area contributed by atoms with Gasteiger partial charge in [0.15, 0.2) is 23.0 Å².